The molecule has 0 aliphatic carbocycles. The Labute approximate surface area is 553 Å². The number of nitrogens with zero attached hydrogens (tertiary/aromatic N) is 5. The first-order valence-electron chi connectivity index (χ1n) is 29.4. The number of aromatic nitrogens is 6. The molecule has 0 radical (unpaired) electrons. The van der Waals surface area contributed by atoms with E-state index in [1.54, 1.807) is 22.5 Å². The fourth-order valence-corrected chi connectivity index (χ4v) is 11.7. The molecule has 95 heavy (non-hydrogen) atoms. The Morgan fingerprint density at radius 1 is 0.789 bits per heavy atom. The van der Waals surface area contributed by atoms with E-state index in [0.717, 1.165) is 24.7 Å². The van der Waals surface area contributed by atoms with E-state index < -0.39 is 183 Å². The van der Waals surface area contributed by atoms with Gasteiger partial charge in [-0.3, -0.25) is 33.6 Å². The van der Waals surface area contributed by atoms with Crippen LogP contribution >= 0.6 is 34.4 Å². The lowest BCUT2D eigenvalue weighted by atomic mass is 9.96. The number of nitrogen functional groups attached to an aromatic ring is 1. The molecule has 2 fully saturated rings. The maximum Gasteiger partial charge on any atom is 0.404 e. The van der Waals surface area contributed by atoms with Gasteiger partial charge in [0, 0.05) is 48.8 Å². The van der Waals surface area contributed by atoms with Gasteiger partial charge in [-0.05, 0) is 39.2 Å². The lowest BCUT2D eigenvalue weighted by molar-refractivity contribution is -0.372. The number of hydrogen-bond donors (Lipinski definition) is 20. The SMILES string of the molecule is CSCCCNC(=O)c1csc(-c2csc(CCNC(=O)C(NC(=O)C(C)C(O)C(C)NC(=O)C(NC(=O)c3nc(C(CC(N)=O)NCC(N)C(N)=O)nc(N)c3C)C(OC3OC(CO)C(O)C(O)C3OC3OC(CO)C(O)C(OC(N)=O)C3O)c3cnc[nH]3)C(C)O)n2)n1. The van der Waals surface area contributed by atoms with Gasteiger partial charge in [0.2, 0.25) is 29.5 Å². The summed E-state index contributed by atoms with van der Waals surface area (Å²) < 4.78 is 28.7. The fraction of sp³-hybridized carbons (Fsp3) is 0.611. The van der Waals surface area contributed by atoms with Crippen molar-refractivity contribution >= 4 is 87.7 Å². The predicted molar refractivity (Wildman–Crippen MR) is 333 cm³/mol. The number of aliphatic hydroxyl groups excluding tert-OH is 8. The lowest BCUT2D eigenvalue weighted by Gasteiger charge is -2.47. The van der Waals surface area contributed by atoms with Crippen LogP contribution in [0, 0.1) is 12.8 Å². The monoisotopic (exact) mass is 1400 g/mol. The van der Waals surface area contributed by atoms with Crippen LogP contribution in [0.15, 0.2) is 23.3 Å². The Bertz CT molecular complexity index is 3250. The summed E-state index contributed by atoms with van der Waals surface area (Å²) in [6.45, 7) is 3.15. The van der Waals surface area contributed by atoms with Crippen LogP contribution in [-0.2, 0) is 54.1 Å². The zero-order valence-electron chi connectivity index (χ0n) is 51.9. The van der Waals surface area contributed by atoms with Crippen LogP contribution in [0.25, 0.3) is 10.7 Å². The summed E-state index contributed by atoms with van der Waals surface area (Å²) >= 11 is 4.19. The summed E-state index contributed by atoms with van der Waals surface area (Å²) in [6, 6.07) is -7.85. The van der Waals surface area contributed by atoms with Crippen molar-refractivity contribution in [3.05, 3.63) is 56.8 Å². The summed E-state index contributed by atoms with van der Waals surface area (Å²) in [4.78, 5) is 130. The first-order chi connectivity index (χ1) is 45.0. The van der Waals surface area contributed by atoms with Gasteiger partial charge < -0.3 is 130 Å². The number of ether oxygens (including phenoxy) is 5. The summed E-state index contributed by atoms with van der Waals surface area (Å²) in [7, 11) is 0. The van der Waals surface area contributed by atoms with Gasteiger partial charge in [0.15, 0.2) is 18.7 Å². The Balaban J connectivity index is 1.27. The van der Waals surface area contributed by atoms with E-state index in [0.29, 0.717) is 22.3 Å². The number of thioether (sulfide) groups is 1. The number of hydrogen-bond acceptors (Lipinski definition) is 32. The molecule has 41 heteroatoms. The van der Waals surface area contributed by atoms with Crippen molar-refractivity contribution in [1.82, 2.24) is 61.8 Å². The molecule has 2 aliphatic rings. The number of aromatic amines is 1. The standard InChI is InChI=1S/C54H81N17O21S3/c1-19-32(68-45(71-43(19)57)24(11-30(56)75)63-12-23(55)44(58)81)49(85)70-34(40(25-13-60-18-64-25)90-53-42(38(79)36(77)28(14-72)89-53)91-52-39(80)41(92-54(59)87)37(78)29(15-73)88-52)50(86)65-21(3)35(76)20(2)46(82)69-33(22(4)74)48(84)62-9-7-31-66-27(17-94-31)51-67-26(16-95-51)47(83)61-8-6-10-93-5/h13,16-18,20-24,28-29,33-42,52-53,63,72-74,76-80H,6-12,14-15,55H2,1-5H3,(H2,56,75)(H2,58,81)(H2,59,87)(H,60,64)(H,61,83)(H,62,84)(H,65,86)(H,69,82)(H,70,85)(H2,57,68,71). The van der Waals surface area contributed by atoms with Crippen molar-refractivity contribution in [3.8, 4) is 10.7 Å². The third-order valence-electron chi connectivity index (χ3n) is 15.1. The highest BCUT2D eigenvalue weighted by Gasteiger charge is 2.54. The van der Waals surface area contributed by atoms with Gasteiger partial charge in [0.1, 0.15) is 94.6 Å². The van der Waals surface area contributed by atoms with Gasteiger partial charge in [0.25, 0.3) is 11.8 Å². The number of H-pyrrole nitrogens is 1. The second-order valence-electron chi connectivity index (χ2n) is 22.1. The molecule has 19 unspecified atom stereocenters. The molecule has 38 nitrogen and oxygen atoms in total. The number of imidazole rings is 1. The van der Waals surface area contributed by atoms with Crippen molar-refractivity contribution in [2.75, 3.05) is 50.6 Å². The van der Waals surface area contributed by atoms with E-state index >= 15 is 4.79 Å². The molecule has 0 aromatic carbocycles. The van der Waals surface area contributed by atoms with Gasteiger partial charge in [-0.2, -0.15) is 11.8 Å². The first kappa shape index (κ1) is 76.7. The maximum absolute atomic E-state index is 15.2. The zero-order chi connectivity index (χ0) is 70.1. The van der Waals surface area contributed by atoms with Crippen LogP contribution in [-0.4, -0.2) is 261 Å². The maximum atomic E-state index is 15.2. The van der Waals surface area contributed by atoms with Gasteiger partial charge >= 0.3 is 6.09 Å². The van der Waals surface area contributed by atoms with Crippen LogP contribution in [0.3, 0.4) is 0 Å². The minimum atomic E-state index is -2.20. The van der Waals surface area contributed by atoms with Crippen LogP contribution in [0.5, 0.6) is 0 Å². The van der Waals surface area contributed by atoms with Crippen LogP contribution in [0.1, 0.15) is 88.8 Å². The van der Waals surface area contributed by atoms with E-state index in [-0.39, 0.29) is 54.0 Å². The number of anilines is 1. The first-order valence-corrected chi connectivity index (χ1v) is 32.6. The van der Waals surface area contributed by atoms with Crippen LogP contribution < -0.4 is 60.6 Å². The second kappa shape index (κ2) is 35.6. The molecule has 2 aliphatic heterocycles. The van der Waals surface area contributed by atoms with Crippen LogP contribution in [0.2, 0.25) is 0 Å². The van der Waals surface area contributed by atoms with Gasteiger partial charge in [-0.25, -0.2) is 29.7 Å². The number of amides is 8. The molecule has 8 amide bonds. The molecule has 6 heterocycles. The minimum Gasteiger partial charge on any atom is -0.441 e. The quantitative estimate of drug-likeness (QED) is 0.0190. The van der Waals surface area contributed by atoms with Crippen molar-refractivity contribution in [2.24, 2.45) is 28.9 Å². The number of carbonyl (C=O) groups excluding carboxylic acids is 8. The summed E-state index contributed by atoms with van der Waals surface area (Å²) in [5.74, 6) is -7.80. The summed E-state index contributed by atoms with van der Waals surface area (Å²) in [6.07, 6.45) is -22.3. The normalized spacial score (nSPS) is 24.1. The molecular formula is C54H81N17O21S3. The molecule has 6 rings (SSSR count). The number of primary amides is 3. The Morgan fingerprint density at radius 2 is 1.48 bits per heavy atom. The molecular weight excluding hydrogens is 1320 g/mol. The number of thiazole rings is 2. The van der Waals surface area contributed by atoms with Crippen molar-refractivity contribution in [2.45, 2.75) is 157 Å². The zero-order valence-corrected chi connectivity index (χ0v) is 54.3. The van der Waals surface area contributed by atoms with Crippen molar-refractivity contribution in [3.63, 3.8) is 0 Å². The molecule has 4 aromatic rings. The van der Waals surface area contributed by atoms with Gasteiger partial charge in [-0.15, -0.1) is 22.7 Å². The Hall–Kier alpha value is -7.30. The Kier molecular flexibility index (Phi) is 28.8. The average molecular weight is 1400 g/mol. The van der Waals surface area contributed by atoms with Gasteiger partial charge in [-0.1, -0.05) is 6.92 Å². The third-order valence-corrected chi connectivity index (χ3v) is 17.5. The minimum absolute atomic E-state index is 0.00588. The predicted octanol–water partition coefficient (Wildman–Crippen LogP) is -7.22. The molecule has 526 valence electrons. The highest BCUT2D eigenvalue weighted by Crippen LogP contribution is 2.35. The average Bonchev–Trinajstić information content (AvgIpc) is 1.31. The van der Waals surface area contributed by atoms with E-state index in [1.165, 1.54) is 50.4 Å². The Morgan fingerprint density at radius 3 is 2.12 bits per heavy atom. The smallest absolute Gasteiger partial charge is 0.404 e. The lowest BCUT2D eigenvalue weighted by Crippen LogP contribution is -2.65. The molecule has 0 saturated carbocycles. The summed E-state index contributed by atoms with van der Waals surface area (Å²) in [5.41, 5.74) is 28.0. The highest BCUT2D eigenvalue weighted by molar-refractivity contribution is 7.98. The molecule has 0 bridgehead atoms. The fourth-order valence-electron chi connectivity index (χ4n) is 9.65. The molecule has 4 aromatic heterocycles. The molecule has 25 N–H and O–H groups in total. The highest BCUT2D eigenvalue weighted by atomic mass is 32.2. The number of carbonyl (C=O) groups is 8. The van der Waals surface area contributed by atoms with Crippen LogP contribution in [0.4, 0.5) is 10.6 Å². The third kappa shape index (κ3) is 20.4. The number of aliphatic hydroxyl groups is 8. The summed E-state index contributed by atoms with van der Waals surface area (Å²) in [5, 5.41) is 108. The van der Waals surface area contributed by atoms with E-state index in [4.69, 9.17) is 52.4 Å². The molecule has 0 spiro atoms. The largest absolute Gasteiger partial charge is 0.441 e. The number of nitrogens with one attached hydrogen (secondary N) is 7. The van der Waals surface area contributed by atoms with Gasteiger partial charge in [0.05, 0.1) is 72.7 Å². The van der Waals surface area contributed by atoms with Crippen molar-refractivity contribution in [1.29, 1.82) is 0 Å². The van der Waals surface area contributed by atoms with E-state index in [9.17, 15) is 74.4 Å². The number of nitrogens with two attached hydrogens (primary N) is 5. The second-order valence-corrected chi connectivity index (χ2v) is 24.9. The van der Waals surface area contributed by atoms with E-state index in [2.05, 4.69) is 61.8 Å². The van der Waals surface area contributed by atoms with Crippen molar-refractivity contribution < 1.29 is 103 Å². The molecule has 19 atom stereocenters. The van der Waals surface area contributed by atoms with E-state index in [1.807, 2.05) is 6.26 Å². The molecule has 2 saturated heterocycles. The number of rotatable bonds is 35. The topological polar surface area (TPSA) is 627 Å².